The number of ether oxygens (including phenoxy) is 1. The maximum absolute atomic E-state index is 11.8. The summed E-state index contributed by atoms with van der Waals surface area (Å²) in [7, 11) is 1.65. The number of amides is 1. The predicted molar refractivity (Wildman–Crippen MR) is 64.6 cm³/mol. The number of aromatic amines is 1. The first kappa shape index (κ1) is 11.9. The number of methoxy groups -OCH3 is 1. The second-order valence-corrected chi connectivity index (χ2v) is 4.58. The van der Waals surface area contributed by atoms with Gasteiger partial charge in [0.25, 0.3) is 0 Å². The number of hydrogen-bond donors (Lipinski definition) is 3. The van der Waals surface area contributed by atoms with Crippen LogP contribution in [0, 0.1) is 6.92 Å². The summed E-state index contributed by atoms with van der Waals surface area (Å²) in [6, 6.07) is 0. The van der Waals surface area contributed by atoms with Gasteiger partial charge in [0.15, 0.2) is 5.82 Å². The van der Waals surface area contributed by atoms with Gasteiger partial charge in [-0.2, -0.15) is 5.10 Å². The minimum Gasteiger partial charge on any atom is -0.394 e. The Morgan fingerprint density at radius 3 is 2.76 bits per heavy atom. The Morgan fingerprint density at radius 1 is 1.65 bits per heavy atom. The van der Waals surface area contributed by atoms with Gasteiger partial charge in [-0.25, -0.2) is 0 Å². The van der Waals surface area contributed by atoms with Gasteiger partial charge in [0.1, 0.15) is 0 Å². The van der Waals surface area contributed by atoms with E-state index in [1.165, 1.54) is 0 Å². The monoisotopic (exact) mass is 238 g/mol. The van der Waals surface area contributed by atoms with Crippen molar-refractivity contribution < 1.29 is 9.53 Å². The van der Waals surface area contributed by atoms with E-state index in [9.17, 15) is 4.79 Å². The molecule has 1 aliphatic carbocycles. The summed E-state index contributed by atoms with van der Waals surface area (Å²) in [5.41, 5.74) is 6.72. The van der Waals surface area contributed by atoms with Gasteiger partial charge < -0.3 is 15.8 Å². The molecule has 94 valence electrons. The molecule has 1 amide bonds. The molecule has 0 unspecified atom stereocenters. The van der Waals surface area contributed by atoms with Crippen LogP contribution < -0.4 is 11.1 Å². The SMILES string of the molecule is COC1(CC(=O)Nc2n[nH]c(C)c2N)CCC1. The highest BCUT2D eigenvalue weighted by molar-refractivity contribution is 5.93. The molecule has 0 bridgehead atoms. The van der Waals surface area contributed by atoms with Crippen LogP contribution in [0.15, 0.2) is 0 Å². The van der Waals surface area contributed by atoms with E-state index in [1.807, 2.05) is 0 Å². The number of carbonyl (C=O) groups is 1. The quantitative estimate of drug-likeness (QED) is 0.734. The molecular formula is C11H18N4O2. The van der Waals surface area contributed by atoms with Crippen molar-refractivity contribution in [2.24, 2.45) is 0 Å². The van der Waals surface area contributed by atoms with Gasteiger partial charge in [-0.3, -0.25) is 9.89 Å². The maximum atomic E-state index is 11.8. The number of hydrogen-bond acceptors (Lipinski definition) is 4. The average Bonchev–Trinajstić information content (AvgIpc) is 2.55. The first-order valence-corrected chi connectivity index (χ1v) is 5.72. The normalized spacial score (nSPS) is 17.5. The van der Waals surface area contributed by atoms with Crippen LogP contribution in [-0.2, 0) is 9.53 Å². The summed E-state index contributed by atoms with van der Waals surface area (Å²) in [4.78, 5) is 11.8. The summed E-state index contributed by atoms with van der Waals surface area (Å²) >= 11 is 0. The van der Waals surface area contributed by atoms with Gasteiger partial charge in [0, 0.05) is 7.11 Å². The molecule has 0 spiro atoms. The number of anilines is 2. The molecule has 0 radical (unpaired) electrons. The van der Waals surface area contributed by atoms with Crippen molar-refractivity contribution in [2.75, 3.05) is 18.2 Å². The number of nitrogens with two attached hydrogens (primary N) is 1. The molecule has 17 heavy (non-hydrogen) atoms. The Hall–Kier alpha value is -1.56. The van der Waals surface area contributed by atoms with Crippen LogP contribution >= 0.6 is 0 Å². The summed E-state index contributed by atoms with van der Waals surface area (Å²) in [5.74, 6) is 0.294. The Labute approximate surface area is 99.9 Å². The molecule has 1 aromatic heterocycles. The number of nitrogens with one attached hydrogen (secondary N) is 2. The number of rotatable bonds is 4. The van der Waals surface area contributed by atoms with Crippen molar-refractivity contribution >= 4 is 17.4 Å². The van der Waals surface area contributed by atoms with Crippen LogP contribution in [0.1, 0.15) is 31.4 Å². The lowest BCUT2D eigenvalue weighted by atomic mass is 9.77. The minimum absolute atomic E-state index is 0.107. The maximum Gasteiger partial charge on any atom is 0.228 e. The number of nitrogen functional groups attached to an aromatic ring is 1. The summed E-state index contributed by atoms with van der Waals surface area (Å²) in [6.45, 7) is 1.81. The van der Waals surface area contributed by atoms with Crippen LogP contribution in [0.4, 0.5) is 11.5 Å². The molecule has 0 aromatic carbocycles. The van der Waals surface area contributed by atoms with Crippen LogP contribution in [0.5, 0.6) is 0 Å². The Kier molecular flexibility index (Phi) is 3.06. The third-order valence-electron chi connectivity index (χ3n) is 3.43. The summed E-state index contributed by atoms with van der Waals surface area (Å²) in [6.07, 6.45) is 3.34. The number of aromatic nitrogens is 2. The fourth-order valence-electron chi connectivity index (χ4n) is 2.03. The molecule has 6 nitrogen and oxygen atoms in total. The van der Waals surface area contributed by atoms with Crippen molar-refractivity contribution in [1.29, 1.82) is 0 Å². The fourth-order valence-corrected chi connectivity index (χ4v) is 2.03. The molecule has 2 rings (SSSR count). The molecule has 0 atom stereocenters. The first-order valence-electron chi connectivity index (χ1n) is 5.72. The summed E-state index contributed by atoms with van der Waals surface area (Å²) < 4.78 is 5.40. The van der Waals surface area contributed by atoms with Crippen LogP contribution in [0.25, 0.3) is 0 Å². The standard InChI is InChI=1S/C11H18N4O2/c1-7-9(12)10(15-14-7)13-8(16)6-11(17-2)4-3-5-11/h3-6,12H2,1-2H3,(H2,13,14,15,16). The minimum atomic E-state index is -0.274. The van der Waals surface area contributed by atoms with Crippen LogP contribution in [0.2, 0.25) is 0 Å². The lowest BCUT2D eigenvalue weighted by Crippen LogP contribution is -2.42. The van der Waals surface area contributed by atoms with E-state index < -0.39 is 0 Å². The highest BCUT2D eigenvalue weighted by atomic mass is 16.5. The number of nitrogens with zero attached hydrogens (tertiary/aromatic N) is 1. The zero-order chi connectivity index (χ0) is 12.5. The molecule has 6 heteroatoms. The van der Waals surface area contributed by atoms with E-state index in [-0.39, 0.29) is 11.5 Å². The van der Waals surface area contributed by atoms with Gasteiger partial charge in [-0.05, 0) is 26.2 Å². The van der Waals surface area contributed by atoms with Gasteiger partial charge in [0.2, 0.25) is 5.91 Å². The molecule has 1 heterocycles. The highest BCUT2D eigenvalue weighted by Gasteiger charge is 2.39. The zero-order valence-corrected chi connectivity index (χ0v) is 10.2. The Balaban J connectivity index is 1.95. The van der Waals surface area contributed by atoms with Gasteiger partial charge in [0.05, 0.1) is 23.4 Å². The van der Waals surface area contributed by atoms with Crippen LogP contribution in [-0.4, -0.2) is 28.8 Å². The first-order chi connectivity index (χ1) is 8.06. The second kappa shape index (κ2) is 4.37. The van der Waals surface area contributed by atoms with Gasteiger partial charge >= 0.3 is 0 Å². The van der Waals surface area contributed by atoms with Crippen molar-refractivity contribution in [3.63, 3.8) is 0 Å². The van der Waals surface area contributed by atoms with E-state index in [0.717, 1.165) is 25.0 Å². The lowest BCUT2D eigenvalue weighted by molar-refractivity contribution is -0.129. The third kappa shape index (κ3) is 2.26. The number of aryl methyl sites for hydroxylation is 1. The summed E-state index contributed by atoms with van der Waals surface area (Å²) in [5, 5.41) is 9.36. The Bertz CT molecular complexity index is 418. The smallest absolute Gasteiger partial charge is 0.228 e. The van der Waals surface area contributed by atoms with Crippen molar-refractivity contribution in [1.82, 2.24) is 10.2 Å². The third-order valence-corrected chi connectivity index (χ3v) is 3.43. The predicted octanol–water partition coefficient (Wildman–Crippen LogP) is 1.20. The molecule has 4 N–H and O–H groups in total. The number of carbonyl (C=O) groups excluding carboxylic acids is 1. The zero-order valence-electron chi connectivity index (χ0n) is 10.2. The van der Waals surface area contributed by atoms with E-state index in [4.69, 9.17) is 10.5 Å². The molecule has 0 saturated heterocycles. The molecule has 1 aromatic rings. The van der Waals surface area contributed by atoms with Crippen molar-refractivity contribution in [3.05, 3.63) is 5.69 Å². The molecular weight excluding hydrogens is 220 g/mol. The fraction of sp³-hybridized carbons (Fsp3) is 0.636. The van der Waals surface area contributed by atoms with Crippen LogP contribution in [0.3, 0.4) is 0 Å². The highest BCUT2D eigenvalue weighted by Crippen LogP contribution is 2.38. The van der Waals surface area contributed by atoms with Gasteiger partial charge in [-0.15, -0.1) is 0 Å². The number of H-pyrrole nitrogens is 1. The second-order valence-electron chi connectivity index (χ2n) is 4.58. The topological polar surface area (TPSA) is 93.0 Å². The Morgan fingerprint density at radius 2 is 2.35 bits per heavy atom. The molecule has 0 aliphatic heterocycles. The van der Waals surface area contributed by atoms with Crippen molar-refractivity contribution in [3.8, 4) is 0 Å². The molecule has 1 aliphatic rings. The van der Waals surface area contributed by atoms with E-state index in [1.54, 1.807) is 14.0 Å². The van der Waals surface area contributed by atoms with E-state index in [0.29, 0.717) is 17.9 Å². The molecule has 1 saturated carbocycles. The largest absolute Gasteiger partial charge is 0.394 e. The van der Waals surface area contributed by atoms with Crippen molar-refractivity contribution in [2.45, 2.75) is 38.2 Å². The average molecular weight is 238 g/mol. The van der Waals surface area contributed by atoms with E-state index >= 15 is 0 Å². The van der Waals surface area contributed by atoms with E-state index in [2.05, 4.69) is 15.5 Å². The lowest BCUT2D eigenvalue weighted by Gasteiger charge is -2.39. The van der Waals surface area contributed by atoms with Gasteiger partial charge in [-0.1, -0.05) is 0 Å². The molecule has 1 fully saturated rings.